The Hall–Kier alpha value is -1.84. The normalized spacial score (nSPS) is 18.2. The second-order valence-corrected chi connectivity index (χ2v) is 6.82. The van der Waals surface area contributed by atoms with Crippen LogP contribution in [0.2, 0.25) is 0 Å². The molecule has 1 saturated heterocycles. The van der Waals surface area contributed by atoms with Gasteiger partial charge in [-0.25, -0.2) is 0 Å². The fourth-order valence-electron chi connectivity index (χ4n) is 3.03. The van der Waals surface area contributed by atoms with Crippen LogP contribution < -0.4 is 5.73 Å². The molecule has 0 saturated carbocycles. The molecule has 3 nitrogen and oxygen atoms in total. The van der Waals surface area contributed by atoms with E-state index in [4.69, 9.17) is 5.73 Å². The van der Waals surface area contributed by atoms with Crippen LogP contribution >= 0.6 is 0 Å². The van der Waals surface area contributed by atoms with E-state index in [0.29, 0.717) is 6.04 Å². The summed E-state index contributed by atoms with van der Waals surface area (Å²) < 4.78 is 0. The van der Waals surface area contributed by atoms with Gasteiger partial charge in [0.05, 0.1) is 0 Å². The molecule has 0 amide bonds. The Labute approximate surface area is 147 Å². The van der Waals surface area contributed by atoms with Crippen LogP contribution in [0.15, 0.2) is 54.8 Å². The van der Waals surface area contributed by atoms with E-state index < -0.39 is 0 Å². The Bertz CT molecular complexity index is 588. The van der Waals surface area contributed by atoms with Crippen molar-refractivity contribution in [3.8, 4) is 0 Å². The van der Waals surface area contributed by atoms with Crippen LogP contribution in [-0.4, -0.2) is 42.0 Å². The third kappa shape index (κ3) is 5.08. The lowest BCUT2D eigenvalue weighted by atomic mass is 10.0. The Morgan fingerprint density at radius 1 is 1.17 bits per heavy atom. The number of hydrogen-bond acceptors (Lipinski definition) is 3. The third-order valence-electron chi connectivity index (χ3n) is 4.72. The number of allylic oxidation sites excluding steroid dienone is 4. The topological polar surface area (TPSA) is 32.5 Å². The molecule has 1 aromatic rings. The maximum Gasteiger partial charge on any atom is 0.0234 e. The van der Waals surface area contributed by atoms with Crippen LogP contribution in [0.3, 0.4) is 0 Å². The molecule has 1 aliphatic heterocycles. The fraction of sp³-hybridized carbons (Fsp3) is 0.429. The third-order valence-corrected chi connectivity index (χ3v) is 4.72. The SMILES string of the molecule is C=C/C(C)=C\C(=C/N)c1ccc(CN2CCN(C(C)C)CC2)cc1. The molecule has 1 aromatic carbocycles. The summed E-state index contributed by atoms with van der Waals surface area (Å²) >= 11 is 0. The lowest BCUT2D eigenvalue weighted by Gasteiger charge is -2.36. The van der Waals surface area contributed by atoms with E-state index in [2.05, 4.69) is 60.6 Å². The molecule has 1 fully saturated rings. The Morgan fingerprint density at radius 3 is 2.29 bits per heavy atom. The molecule has 2 rings (SSSR count). The predicted molar refractivity (Wildman–Crippen MR) is 105 cm³/mol. The van der Waals surface area contributed by atoms with Crippen molar-refractivity contribution in [3.63, 3.8) is 0 Å². The van der Waals surface area contributed by atoms with E-state index in [1.807, 2.05) is 13.0 Å². The minimum Gasteiger partial charge on any atom is -0.404 e. The molecule has 1 aliphatic rings. The molecule has 2 N–H and O–H groups in total. The van der Waals surface area contributed by atoms with Crippen molar-refractivity contribution in [3.05, 3.63) is 65.9 Å². The first-order valence-corrected chi connectivity index (χ1v) is 8.82. The first-order chi connectivity index (χ1) is 11.5. The second kappa shape index (κ2) is 8.86. The predicted octanol–water partition coefficient (Wildman–Crippen LogP) is 3.64. The molecule has 1 heterocycles. The van der Waals surface area contributed by atoms with Crippen LogP contribution in [0.5, 0.6) is 0 Å². The van der Waals surface area contributed by atoms with Crippen LogP contribution in [-0.2, 0) is 6.54 Å². The van der Waals surface area contributed by atoms with Crippen molar-refractivity contribution >= 4 is 5.57 Å². The van der Waals surface area contributed by atoms with Crippen molar-refractivity contribution in [1.82, 2.24) is 9.80 Å². The van der Waals surface area contributed by atoms with Gasteiger partial charge in [0.2, 0.25) is 0 Å². The van der Waals surface area contributed by atoms with Gasteiger partial charge < -0.3 is 5.73 Å². The molecule has 0 aromatic heterocycles. The second-order valence-electron chi connectivity index (χ2n) is 6.82. The van der Waals surface area contributed by atoms with Gasteiger partial charge in [0.15, 0.2) is 0 Å². The number of benzene rings is 1. The lowest BCUT2D eigenvalue weighted by molar-refractivity contribution is 0.104. The van der Waals surface area contributed by atoms with Crippen LogP contribution in [0.4, 0.5) is 0 Å². The quantitative estimate of drug-likeness (QED) is 0.811. The largest absolute Gasteiger partial charge is 0.404 e. The van der Waals surface area contributed by atoms with E-state index in [0.717, 1.165) is 36.3 Å². The molecule has 130 valence electrons. The highest BCUT2D eigenvalue weighted by Gasteiger charge is 2.18. The van der Waals surface area contributed by atoms with Crippen molar-refractivity contribution in [2.75, 3.05) is 26.2 Å². The summed E-state index contributed by atoms with van der Waals surface area (Å²) in [4.78, 5) is 5.08. The lowest BCUT2D eigenvalue weighted by Crippen LogP contribution is -2.48. The van der Waals surface area contributed by atoms with Gasteiger partial charge in [-0.2, -0.15) is 0 Å². The number of nitrogens with two attached hydrogens (primary N) is 1. The van der Waals surface area contributed by atoms with Gasteiger partial charge in [-0.1, -0.05) is 48.6 Å². The van der Waals surface area contributed by atoms with Gasteiger partial charge in [-0.15, -0.1) is 0 Å². The van der Waals surface area contributed by atoms with E-state index >= 15 is 0 Å². The smallest absolute Gasteiger partial charge is 0.0234 e. The molecule has 0 radical (unpaired) electrons. The highest BCUT2D eigenvalue weighted by Crippen LogP contribution is 2.19. The molecule has 0 aliphatic carbocycles. The Morgan fingerprint density at radius 2 is 1.79 bits per heavy atom. The van der Waals surface area contributed by atoms with Crippen molar-refractivity contribution in [2.24, 2.45) is 5.73 Å². The molecular weight excluding hydrogens is 294 g/mol. The maximum absolute atomic E-state index is 5.78. The summed E-state index contributed by atoms with van der Waals surface area (Å²) in [6.45, 7) is 16.0. The van der Waals surface area contributed by atoms with Gasteiger partial charge in [0.1, 0.15) is 0 Å². The zero-order valence-electron chi connectivity index (χ0n) is 15.3. The summed E-state index contributed by atoms with van der Waals surface area (Å²) in [5.41, 5.74) is 10.4. The van der Waals surface area contributed by atoms with E-state index in [1.165, 1.54) is 18.7 Å². The zero-order chi connectivity index (χ0) is 17.5. The van der Waals surface area contributed by atoms with Crippen molar-refractivity contribution < 1.29 is 0 Å². The Kier molecular flexibility index (Phi) is 6.83. The van der Waals surface area contributed by atoms with Gasteiger partial charge in [-0.3, -0.25) is 9.80 Å². The van der Waals surface area contributed by atoms with Gasteiger partial charge in [-0.05, 0) is 37.5 Å². The highest BCUT2D eigenvalue weighted by atomic mass is 15.3. The minimum atomic E-state index is 0.653. The van der Waals surface area contributed by atoms with Crippen LogP contribution in [0, 0.1) is 0 Å². The summed E-state index contributed by atoms with van der Waals surface area (Å²) in [6, 6.07) is 9.39. The van der Waals surface area contributed by atoms with Crippen molar-refractivity contribution in [2.45, 2.75) is 33.4 Å². The van der Waals surface area contributed by atoms with Crippen LogP contribution in [0.1, 0.15) is 31.9 Å². The average molecular weight is 326 g/mol. The molecule has 0 unspecified atom stereocenters. The summed E-state index contributed by atoms with van der Waals surface area (Å²) in [5.74, 6) is 0. The molecule has 0 bridgehead atoms. The number of piperazine rings is 1. The molecule has 0 atom stereocenters. The monoisotopic (exact) mass is 325 g/mol. The summed E-state index contributed by atoms with van der Waals surface area (Å²) in [6.07, 6.45) is 5.56. The molecule has 0 spiro atoms. The molecule has 24 heavy (non-hydrogen) atoms. The zero-order valence-corrected chi connectivity index (χ0v) is 15.3. The van der Waals surface area contributed by atoms with Crippen LogP contribution in [0.25, 0.3) is 5.57 Å². The van der Waals surface area contributed by atoms with Gasteiger partial charge in [0.25, 0.3) is 0 Å². The van der Waals surface area contributed by atoms with Gasteiger partial charge >= 0.3 is 0 Å². The number of nitrogens with zero attached hydrogens (tertiary/aromatic N) is 2. The molecular formula is C21H31N3. The molecule has 3 heteroatoms. The van der Waals surface area contributed by atoms with E-state index in [9.17, 15) is 0 Å². The van der Waals surface area contributed by atoms with E-state index in [1.54, 1.807) is 6.20 Å². The Balaban J connectivity index is 1.96. The summed E-state index contributed by atoms with van der Waals surface area (Å²) in [7, 11) is 0. The van der Waals surface area contributed by atoms with E-state index in [-0.39, 0.29) is 0 Å². The number of rotatable bonds is 6. The maximum atomic E-state index is 5.78. The average Bonchev–Trinajstić information content (AvgIpc) is 2.60. The minimum absolute atomic E-state index is 0.653. The first kappa shape index (κ1) is 18.5. The van der Waals surface area contributed by atoms with Crippen molar-refractivity contribution in [1.29, 1.82) is 0 Å². The fourth-order valence-corrected chi connectivity index (χ4v) is 3.03. The van der Waals surface area contributed by atoms with Gasteiger partial charge in [0, 0.05) is 45.0 Å². The standard InChI is InChI=1S/C21H31N3/c1-5-18(4)14-21(15-22)20-8-6-19(7-9-20)16-23-10-12-24(13-11-23)17(2)3/h5-9,14-15,17H,1,10-13,16,22H2,2-4H3/b18-14-,21-15+. The number of hydrogen-bond donors (Lipinski definition) is 1. The summed E-state index contributed by atoms with van der Waals surface area (Å²) in [5, 5.41) is 0. The first-order valence-electron chi connectivity index (χ1n) is 8.82. The highest BCUT2D eigenvalue weighted by molar-refractivity contribution is 5.74.